The predicted molar refractivity (Wildman–Crippen MR) is 52.1 cm³/mol. The fourth-order valence-electron chi connectivity index (χ4n) is 1.09. The zero-order valence-corrected chi connectivity index (χ0v) is 7.77. The number of aliphatic hydroxyl groups excluding tert-OH is 1. The highest BCUT2D eigenvalue weighted by Gasteiger charge is 1.98. The summed E-state index contributed by atoms with van der Waals surface area (Å²) in [6.45, 7) is 1.64. The van der Waals surface area contributed by atoms with Gasteiger partial charge in [0.1, 0.15) is 5.82 Å². The number of nitrogens with zero attached hydrogens (tertiary/aromatic N) is 2. The van der Waals surface area contributed by atoms with Gasteiger partial charge < -0.3 is 10.8 Å². The molecule has 4 heteroatoms. The van der Waals surface area contributed by atoms with E-state index in [2.05, 4.69) is 4.98 Å². The molecule has 0 atom stereocenters. The fraction of sp³-hybridized carbons (Fsp3) is 0.444. The Hall–Kier alpha value is -1.13. The average molecular weight is 181 g/mol. The van der Waals surface area contributed by atoms with Crippen LogP contribution in [0.25, 0.3) is 0 Å². The molecule has 3 N–H and O–H groups in total. The molecule has 0 aliphatic rings. The lowest BCUT2D eigenvalue weighted by Gasteiger charge is -2.14. The number of aromatic nitrogens is 1. The molecule has 0 amide bonds. The van der Waals surface area contributed by atoms with Crippen LogP contribution in [-0.2, 0) is 6.54 Å². The Labute approximate surface area is 78.0 Å². The third-order valence-electron chi connectivity index (χ3n) is 1.78. The molecule has 1 rings (SSSR count). The molecular formula is C9H15N3O. The molecule has 1 aromatic heterocycles. The van der Waals surface area contributed by atoms with Gasteiger partial charge in [-0.05, 0) is 18.7 Å². The van der Waals surface area contributed by atoms with Gasteiger partial charge >= 0.3 is 0 Å². The van der Waals surface area contributed by atoms with Gasteiger partial charge in [0.2, 0.25) is 0 Å². The molecule has 72 valence electrons. The minimum Gasteiger partial charge on any atom is -0.395 e. The summed E-state index contributed by atoms with van der Waals surface area (Å²) in [4.78, 5) is 6.00. The van der Waals surface area contributed by atoms with Crippen LogP contribution in [0.1, 0.15) is 5.56 Å². The SMILES string of the molecule is CN(CCO)Cc1ccc(N)nc1. The number of aliphatic hydroxyl groups is 1. The topological polar surface area (TPSA) is 62.4 Å². The summed E-state index contributed by atoms with van der Waals surface area (Å²) in [5, 5.41) is 8.68. The molecule has 4 nitrogen and oxygen atoms in total. The minimum absolute atomic E-state index is 0.179. The van der Waals surface area contributed by atoms with Crippen LogP contribution in [-0.4, -0.2) is 35.2 Å². The molecule has 0 fully saturated rings. The van der Waals surface area contributed by atoms with Gasteiger partial charge in [0.05, 0.1) is 6.61 Å². The number of pyridine rings is 1. The van der Waals surface area contributed by atoms with Crippen LogP contribution >= 0.6 is 0 Å². The van der Waals surface area contributed by atoms with Gasteiger partial charge in [-0.2, -0.15) is 0 Å². The number of anilines is 1. The Balaban J connectivity index is 2.49. The van der Waals surface area contributed by atoms with E-state index in [1.54, 1.807) is 12.3 Å². The summed E-state index contributed by atoms with van der Waals surface area (Å²) in [6, 6.07) is 3.72. The van der Waals surface area contributed by atoms with Gasteiger partial charge in [-0.15, -0.1) is 0 Å². The van der Waals surface area contributed by atoms with Crippen molar-refractivity contribution in [3.05, 3.63) is 23.9 Å². The van der Waals surface area contributed by atoms with Crippen molar-refractivity contribution in [2.45, 2.75) is 6.54 Å². The van der Waals surface area contributed by atoms with E-state index in [4.69, 9.17) is 10.8 Å². The normalized spacial score (nSPS) is 10.7. The van der Waals surface area contributed by atoms with E-state index in [9.17, 15) is 0 Å². The molecule has 0 aromatic carbocycles. The Morgan fingerprint density at radius 2 is 2.31 bits per heavy atom. The molecule has 13 heavy (non-hydrogen) atoms. The highest BCUT2D eigenvalue weighted by molar-refractivity contribution is 5.29. The number of hydrogen-bond acceptors (Lipinski definition) is 4. The smallest absolute Gasteiger partial charge is 0.123 e. The van der Waals surface area contributed by atoms with E-state index in [0.29, 0.717) is 12.4 Å². The van der Waals surface area contributed by atoms with Crippen molar-refractivity contribution in [1.29, 1.82) is 0 Å². The van der Waals surface area contributed by atoms with Gasteiger partial charge in [-0.3, -0.25) is 4.90 Å². The summed E-state index contributed by atoms with van der Waals surface area (Å²) >= 11 is 0. The van der Waals surface area contributed by atoms with Crippen LogP contribution in [0.15, 0.2) is 18.3 Å². The lowest BCUT2D eigenvalue weighted by molar-refractivity contribution is 0.217. The third-order valence-corrected chi connectivity index (χ3v) is 1.78. The van der Waals surface area contributed by atoms with Crippen molar-refractivity contribution in [3.8, 4) is 0 Å². The first-order valence-electron chi connectivity index (χ1n) is 4.22. The van der Waals surface area contributed by atoms with Gasteiger partial charge in [0, 0.05) is 19.3 Å². The second kappa shape index (κ2) is 4.79. The molecule has 0 aliphatic carbocycles. The quantitative estimate of drug-likeness (QED) is 0.691. The van der Waals surface area contributed by atoms with Crippen molar-refractivity contribution in [2.75, 3.05) is 25.9 Å². The largest absolute Gasteiger partial charge is 0.395 e. The van der Waals surface area contributed by atoms with Crippen molar-refractivity contribution >= 4 is 5.82 Å². The lowest BCUT2D eigenvalue weighted by Crippen LogP contribution is -2.21. The van der Waals surface area contributed by atoms with Crippen molar-refractivity contribution in [2.24, 2.45) is 0 Å². The highest BCUT2D eigenvalue weighted by atomic mass is 16.3. The predicted octanol–water partition coefficient (Wildman–Crippen LogP) is 0.0879. The van der Waals surface area contributed by atoms with Gasteiger partial charge in [-0.25, -0.2) is 4.98 Å². The molecule has 0 saturated heterocycles. The Morgan fingerprint density at radius 1 is 1.54 bits per heavy atom. The standard InChI is InChI=1S/C9H15N3O/c1-12(4-5-13)7-8-2-3-9(10)11-6-8/h2-3,6,13H,4-5,7H2,1H3,(H2,10,11). The van der Waals surface area contributed by atoms with Crippen LogP contribution in [0, 0.1) is 0 Å². The number of hydrogen-bond donors (Lipinski definition) is 2. The first kappa shape index (κ1) is 9.95. The zero-order chi connectivity index (χ0) is 9.68. The summed E-state index contributed by atoms with van der Waals surface area (Å²) in [5.41, 5.74) is 6.55. The fourth-order valence-corrected chi connectivity index (χ4v) is 1.09. The number of nitrogen functional groups attached to an aromatic ring is 1. The minimum atomic E-state index is 0.179. The average Bonchev–Trinajstić information content (AvgIpc) is 2.09. The summed E-state index contributed by atoms with van der Waals surface area (Å²) < 4.78 is 0. The molecule has 1 aromatic rings. The van der Waals surface area contributed by atoms with E-state index >= 15 is 0 Å². The van der Waals surface area contributed by atoms with Crippen LogP contribution < -0.4 is 5.73 Å². The maximum atomic E-state index is 8.68. The Morgan fingerprint density at radius 3 is 2.85 bits per heavy atom. The maximum absolute atomic E-state index is 8.68. The summed E-state index contributed by atoms with van der Waals surface area (Å²) in [6.07, 6.45) is 1.75. The molecule has 0 radical (unpaired) electrons. The van der Waals surface area contributed by atoms with E-state index in [-0.39, 0.29) is 6.61 Å². The van der Waals surface area contributed by atoms with Crippen molar-refractivity contribution in [1.82, 2.24) is 9.88 Å². The van der Waals surface area contributed by atoms with Crippen LogP contribution in [0.2, 0.25) is 0 Å². The van der Waals surface area contributed by atoms with Crippen LogP contribution in [0.5, 0.6) is 0 Å². The lowest BCUT2D eigenvalue weighted by atomic mass is 10.2. The number of nitrogens with two attached hydrogens (primary N) is 1. The van der Waals surface area contributed by atoms with Gasteiger partial charge in [-0.1, -0.05) is 6.07 Å². The Kier molecular flexibility index (Phi) is 3.67. The first-order valence-corrected chi connectivity index (χ1v) is 4.22. The number of likely N-dealkylation sites (N-methyl/N-ethyl adjacent to an activating group) is 1. The van der Waals surface area contributed by atoms with E-state index in [1.807, 2.05) is 18.0 Å². The molecule has 0 unspecified atom stereocenters. The molecule has 0 saturated carbocycles. The Bertz CT molecular complexity index is 248. The highest BCUT2D eigenvalue weighted by Crippen LogP contribution is 2.03. The first-order chi connectivity index (χ1) is 6.22. The van der Waals surface area contributed by atoms with Crippen LogP contribution in [0.4, 0.5) is 5.82 Å². The maximum Gasteiger partial charge on any atom is 0.123 e. The van der Waals surface area contributed by atoms with Gasteiger partial charge in [0.25, 0.3) is 0 Å². The molecule has 1 heterocycles. The van der Waals surface area contributed by atoms with Crippen molar-refractivity contribution < 1.29 is 5.11 Å². The summed E-state index contributed by atoms with van der Waals surface area (Å²) in [5.74, 6) is 0.536. The molecule has 0 aliphatic heterocycles. The molecule has 0 spiro atoms. The number of rotatable bonds is 4. The van der Waals surface area contributed by atoms with Gasteiger partial charge in [0.15, 0.2) is 0 Å². The monoisotopic (exact) mass is 181 g/mol. The van der Waals surface area contributed by atoms with E-state index in [0.717, 1.165) is 12.1 Å². The zero-order valence-electron chi connectivity index (χ0n) is 7.77. The third kappa shape index (κ3) is 3.40. The second-order valence-electron chi connectivity index (χ2n) is 3.05. The summed E-state index contributed by atoms with van der Waals surface area (Å²) in [7, 11) is 1.95. The van der Waals surface area contributed by atoms with E-state index < -0.39 is 0 Å². The molecule has 0 bridgehead atoms. The van der Waals surface area contributed by atoms with Crippen LogP contribution in [0.3, 0.4) is 0 Å². The van der Waals surface area contributed by atoms with Crippen molar-refractivity contribution in [3.63, 3.8) is 0 Å². The van der Waals surface area contributed by atoms with E-state index in [1.165, 1.54) is 0 Å². The molecular weight excluding hydrogens is 166 g/mol. The second-order valence-corrected chi connectivity index (χ2v) is 3.05.